The van der Waals surface area contributed by atoms with Crippen LogP contribution in [-0.4, -0.2) is 32.9 Å². The minimum Gasteiger partial charge on any atom is -0.486 e. The van der Waals surface area contributed by atoms with Crippen LogP contribution in [0, 0.1) is 6.92 Å². The first-order valence-corrected chi connectivity index (χ1v) is 10.6. The zero-order chi connectivity index (χ0) is 20.2. The van der Waals surface area contributed by atoms with Gasteiger partial charge in [-0.3, -0.25) is 9.89 Å². The van der Waals surface area contributed by atoms with Gasteiger partial charge in [0, 0.05) is 12.2 Å². The number of hydrogen-bond acceptors (Lipinski definition) is 5. The van der Waals surface area contributed by atoms with Crippen molar-refractivity contribution in [2.75, 3.05) is 11.4 Å². The van der Waals surface area contributed by atoms with E-state index in [-0.39, 0.29) is 11.2 Å². The number of nitrogens with zero attached hydrogens (tertiary/aromatic N) is 3. The molecule has 1 aromatic heterocycles. The van der Waals surface area contributed by atoms with E-state index in [4.69, 9.17) is 4.74 Å². The maximum Gasteiger partial charge on any atom is 0.240 e. The van der Waals surface area contributed by atoms with Crippen molar-refractivity contribution in [2.24, 2.45) is 0 Å². The van der Waals surface area contributed by atoms with Gasteiger partial charge in [0.1, 0.15) is 12.4 Å². The van der Waals surface area contributed by atoms with Crippen LogP contribution < -0.4 is 9.64 Å². The number of aryl methyl sites for hydroxylation is 2. The molecule has 0 saturated carbocycles. The lowest BCUT2D eigenvalue weighted by atomic mass is 10.0. The van der Waals surface area contributed by atoms with E-state index in [1.807, 2.05) is 61.2 Å². The monoisotopic (exact) mass is 408 g/mol. The summed E-state index contributed by atoms with van der Waals surface area (Å²) < 4.78 is 5.73. The number of para-hydroxylation sites is 1. The average molecular weight is 409 g/mol. The summed E-state index contributed by atoms with van der Waals surface area (Å²) in [7, 11) is 0. The van der Waals surface area contributed by atoms with Crippen molar-refractivity contribution in [1.29, 1.82) is 0 Å². The Labute approximate surface area is 174 Å². The molecule has 1 aliphatic rings. The molecule has 0 fully saturated rings. The number of amides is 1. The van der Waals surface area contributed by atoms with Crippen molar-refractivity contribution in [3.63, 3.8) is 0 Å². The second-order valence-electron chi connectivity index (χ2n) is 7.15. The number of fused-ring (bicyclic) bond motifs is 1. The van der Waals surface area contributed by atoms with E-state index in [9.17, 15) is 4.79 Å². The summed E-state index contributed by atoms with van der Waals surface area (Å²) in [4.78, 5) is 19.4. The van der Waals surface area contributed by atoms with Gasteiger partial charge in [0.15, 0.2) is 5.82 Å². The van der Waals surface area contributed by atoms with E-state index < -0.39 is 0 Å². The smallest absolute Gasteiger partial charge is 0.240 e. The van der Waals surface area contributed by atoms with Crippen LogP contribution in [0.3, 0.4) is 0 Å². The Kier molecular flexibility index (Phi) is 5.85. The number of ether oxygens (including phenoxy) is 1. The third-order valence-corrected chi connectivity index (χ3v) is 5.86. The lowest BCUT2D eigenvalue weighted by Crippen LogP contribution is -2.40. The van der Waals surface area contributed by atoms with Gasteiger partial charge in [-0.25, -0.2) is 4.98 Å². The Morgan fingerprint density at radius 3 is 2.86 bits per heavy atom. The molecule has 7 heteroatoms. The minimum atomic E-state index is -0.275. The minimum absolute atomic E-state index is 0.0874. The molecular weight excluding hydrogens is 384 g/mol. The summed E-state index contributed by atoms with van der Waals surface area (Å²) >= 11 is 1.36. The van der Waals surface area contributed by atoms with E-state index >= 15 is 0 Å². The molecule has 0 unspecified atom stereocenters. The van der Waals surface area contributed by atoms with E-state index in [2.05, 4.69) is 21.2 Å². The van der Waals surface area contributed by atoms with Crippen LogP contribution in [0.1, 0.15) is 30.3 Å². The van der Waals surface area contributed by atoms with Gasteiger partial charge in [0.05, 0.1) is 5.25 Å². The zero-order valence-corrected chi connectivity index (χ0v) is 17.4. The number of carbonyl (C=O) groups excluding carboxylic acids is 1. The van der Waals surface area contributed by atoms with Gasteiger partial charge in [-0.15, -0.1) is 5.10 Å². The van der Waals surface area contributed by atoms with Crippen molar-refractivity contribution >= 4 is 23.4 Å². The molecule has 2 aromatic carbocycles. The molecule has 0 bridgehead atoms. The molecule has 3 aromatic rings. The molecule has 0 aliphatic carbocycles. The number of H-pyrrole nitrogens is 1. The van der Waals surface area contributed by atoms with Crippen LogP contribution in [0.2, 0.25) is 0 Å². The summed E-state index contributed by atoms with van der Waals surface area (Å²) in [6.07, 6.45) is 2.01. The molecule has 1 amide bonds. The summed E-state index contributed by atoms with van der Waals surface area (Å²) in [5.41, 5.74) is 3.45. The lowest BCUT2D eigenvalue weighted by molar-refractivity contribution is -0.117. The Morgan fingerprint density at radius 2 is 2.03 bits per heavy atom. The summed E-state index contributed by atoms with van der Waals surface area (Å²) in [5, 5.41) is 7.40. The van der Waals surface area contributed by atoms with E-state index in [0.29, 0.717) is 17.6 Å². The molecule has 6 nitrogen and oxygen atoms in total. The lowest BCUT2D eigenvalue weighted by Gasteiger charge is -2.31. The fourth-order valence-electron chi connectivity index (χ4n) is 3.37. The van der Waals surface area contributed by atoms with E-state index in [1.165, 1.54) is 22.9 Å². The van der Waals surface area contributed by atoms with Crippen LogP contribution in [0.25, 0.3) is 0 Å². The highest BCUT2D eigenvalue weighted by Gasteiger charge is 2.27. The summed E-state index contributed by atoms with van der Waals surface area (Å²) in [6.45, 7) is 5.00. The van der Waals surface area contributed by atoms with Crippen LogP contribution in [0.4, 0.5) is 5.69 Å². The number of anilines is 1. The first-order chi connectivity index (χ1) is 14.1. The molecule has 150 valence electrons. The first kappa shape index (κ1) is 19.5. The van der Waals surface area contributed by atoms with Gasteiger partial charge in [-0.05, 0) is 50.5 Å². The standard InChI is InChI=1S/C22H24N4O2S/c1-15-9-11-18(12-10-15)28-14-20-23-22(25-24-20)29-16(2)21(27)26-13-5-7-17-6-3-4-8-19(17)26/h3-4,6,8-12,16H,5,7,13-14H2,1-2H3,(H,23,24,25)/t16-/m0/s1. The van der Waals surface area contributed by atoms with Crippen molar-refractivity contribution in [2.45, 2.75) is 43.7 Å². The van der Waals surface area contributed by atoms with Crippen LogP contribution in [-0.2, 0) is 17.8 Å². The number of carbonyl (C=O) groups is 1. The molecule has 4 rings (SSSR count). The normalized spacial score (nSPS) is 14.3. The van der Waals surface area contributed by atoms with E-state index in [0.717, 1.165) is 30.8 Å². The predicted molar refractivity (Wildman–Crippen MR) is 114 cm³/mol. The van der Waals surface area contributed by atoms with Crippen LogP contribution in [0.5, 0.6) is 5.75 Å². The SMILES string of the molecule is Cc1ccc(OCc2nc(S[C@@H](C)C(=O)N3CCCc4ccccc43)n[nH]2)cc1. The van der Waals surface area contributed by atoms with Crippen molar-refractivity contribution < 1.29 is 9.53 Å². The molecule has 0 radical (unpaired) electrons. The Morgan fingerprint density at radius 1 is 1.24 bits per heavy atom. The fourth-order valence-corrected chi connectivity index (χ4v) is 4.18. The molecule has 1 aliphatic heterocycles. The fraction of sp³-hybridized carbons (Fsp3) is 0.318. The Hall–Kier alpha value is -2.80. The number of rotatable bonds is 6. The highest BCUT2D eigenvalue weighted by Crippen LogP contribution is 2.30. The number of aromatic nitrogens is 3. The number of benzene rings is 2. The highest BCUT2D eigenvalue weighted by atomic mass is 32.2. The van der Waals surface area contributed by atoms with Crippen molar-refractivity contribution in [3.8, 4) is 5.75 Å². The highest BCUT2D eigenvalue weighted by molar-refractivity contribution is 8.00. The second-order valence-corrected chi connectivity index (χ2v) is 8.46. The molecular formula is C22H24N4O2S. The zero-order valence-electron chi connectivity index (χ0n) is 16.6. The molecule has 1 N–H and O–H groups in total. The largest absolute Gasteiger partial charge is 0.486 e. The summed E-state index contributed by atoms with van der Waals surface area (Å²) in [5.74, 6) is 1.51. The second kappa shape index (κ2) is 8.69. The number of nitrogens with one attached hydrogen (secondary N) is 1. The third-order valence-electron chi connectivity index (χ3n) is 4.91. The number of thioether (sulfide) groups is 1. The predicted octanol–water partition coefficient (Wildman–Crippen LogP) is 4.15. The van der Waals surface area contributed by atoms with Gasteiger partial charge in [0.2, 0.25) is 11.1 Å². The number of aromatic amines is 1. The maximum atomic E-state index is 13.0. The van der Waals surface area contributed by atoms with Crippen LogP contribution in [0.15, 0.2) is 53.7 Å². The van der Waals surface area contributed by atoms with Crippen LogP contribution >= 0.6 is 11.8 Å². The molecule has 29 heavy (non-hydrogen) atoms. The topological polar surface area (TPSA) is 71.1 Å². The molecule has 0 saturated heterocycles. The van der Waals surface area contributed by atoms with E-state index in [1.54, 1.807) is 0 Å². The summed E-state index contributed by atoms with van der Waals surface area (Å²) in [6, 6.07) is 16.0. The Bertz CT molecular complexity index is 986. The molecule has 1 atom stereocenters. The van der Waals surface area contributed by atoms with Gasteiger partial charge < -0.3 is 9.64 Å². The average Bonchev–Trinajstić information content (AvgIpc) is 3.19. The quantitative estimate of drug-likeness (QED) is 0.621. The number of hydrogen-bond donors (Lipinski definition) is 1. The van der Waals surface area contributed by atoms with Crippen molar-refractivity contribution in [3.05, 3.63) is 65.5 Å². The van der Waals surface area contributed by atoms with Gasteiger partial charge in [-0.1, -0.05) is 47.7 Å². The Balaban J connectivity index is 1.36. The third kappa shape index (κ3) is 4.62. The van der Waals surface area contributed by atoms with Gasteiger partial charge in [-0.2, -0.15) is 0 Å². The molecule has 2 heterocycles. The first-order valence-electron chi connectivity index (χ1n) is 9.77. The van der Waals surface area contributed by atoms with Crippen molar-refractivity contribution in [1.82, 2.24) is 15.2 Å². The molecule has 0 spiro atoms. The van der Waals surface area contributed by atoms with Gasteiger partial charge >= 0.3 is 0 Å². The maximum absolute atomic E-state index is 13.0. The van der Waals surface area contributed by atoms with Gasteiger partial charge in [0.25, 0.3) is 0 Å².